The van der Waals surface area contributed by atoms with Crippen LogP contribution in [0.5, 0.6) is 28.7 Å². The van der Waals surface area contributed by atoms with E-state index in [1.807, 2.05) is 6.92 Å². The van der Waals surface area contributed by atoms with Crippen LogP contribution in [0.2, 0.25) is 0 Å². The lowest BCUT2D eigenvalue weighted by molar-refractivity contribution is 0.345. The molecule has 0 unspecified atom stereocenters. The van der Waals surface area contributed by atoms with Crippen LogP contribution < -0.4 is 19.6 Å². The topological polar surface area (TPSA) is 98.4 Å². The van der Waals surface area contributed by atoms with E-state index in [0.717, 1.165) is 5.56 Å². The Morgan fingerprint density at radius 3 is 2.23 bits per heavy atom. The van der Waals surface area contributed by atoms with Crippen LogP contribution in [-0.4, -0.2) is 31.5 Å². The molecule has 0 aliphatic heterocycles. The van der Waals surface area contributed by atoms with Crippen LogP contribution in [0.3, 0.4) is 0 Å². The molecule has 3 aromatic rings. The number of hydrogen-bond acceptors (Lipinski definition) is 7. The van der Waals surface area contributed by atoms with Gasteiger partial charge in [-0.3, -0.25) is 4.79 Å². The number of phenolic OH excluding ortho intramolecular Hbond substituents is 2. The molecule has 2 N–H and O–H groups in total. The molecule has 136 valence electrons. The summed E-state index contributed by atoms with van der Waals surface area (Å²) in [4.78, 5) is 12.9. The first-order valence-corrected chi connectivity index (χ1v) is 7.71. The summed E-state index contributed by atoms with van der Waals surface area (Å²) in [6.45, 7) is 1.86. The average Bonchev–Trinajstić information content (AvgIpc) is 2.61. The molecule has 7 heteroatoms. The van der Waals surface area contributed by atoms with E-state index in [4.69, 9.17) is 18.6 Å². The van der Waals surface area contributed by atoms with Crippen LogP contribution in [0.1, 0.15) is 5.56 Å². The van der Waals surface area contributed by atoms with E-state index in [2.05, 4.69) is 0 Å². The quantitative estimate of drug-likeness (QED) is 0.739. The fraction of sp³-hybridized carbons (Fsp3) is 0.211. The van der Waals surface area contributed by atoms with Gasteiger partial charge in [0.1, 0.15) is 16.7 Å². The maximum atomic E-state index is 12.9. The molecule has 26 heavy (non-hydrogen) atoms. The number of benzene rings is 2. The molecule has 0 radical (unpaired) electrons. The number of phenols is 2. The van der Waals surface area contributed by atoms with E-state index in [0.29, 0.717) is 11.3 Å². The number of methoxy groups -OCH3 is 3. The highest BCUT2D eigenvalue weighted by atomic mass is 16.5. The predicted octanol–water partition coefficient (Wildman–Crippen LogP) is 3.21. The van der Waals surface area contributed by atoms with Gasteiger partial charge < -0.3 is 28.8 Å². The summed E-state index contributed by atoms with van der Waals surface area (Å²) < 4.78 is 21.2. The first-order chi connectivity index (χ1) is 12.4. The molecule has 0 fully saturated rings. The van der Waals surface area contributed by atoms with E-state index in [1.165, 1.54) is 20.3 Å². The number of ether oxygens (including phenoxy) is 3. The molecule has 7 nitrogen and oxygen atoms in total. The van der Waals surface area contributed by atoms with Crippen molar-refractivity contribution in [1.82, 2.24) is 0 Å². The van der Waals surface area contributed by atoms with Crippen LogP contribution >= 0.6 is 0 Å². The molecule has 0 spiro atoms. The van der Waals surface area contributed by atoms with Gasteiger partial charge in [-0.2, -0.15) is 0 Å². The third kappa shape index (κ3) is 2.57. The van der Waals surface area contributed by atoms with Crippen LogP contribution in [0.4, 0.5) is 0 Å². The summed E-state index contributed by atoms with van der Waals surface area (Å²) in [6.07, 6.45) is 0. The molecule has 2 aromatic carbocycles. The Bertz CT molecular complexity index is 1050. The summed E-state index contributed by atoms with van der Waals surface area (Å²) in [5.74, 6) is -0.254. The van der Waals surface area contributed by atoms with Crippen molar-refractivity contribution in [2.45, 2.75) is 6.92 Å². The Morgan fingerprint density at radius 2 is 1.65 bits per heavy atom. The van der Waals surface area contributed by atoms with Gasteiger partial charge in [-0.1, -0.05) is 0 Å². The highest BCUT2D eigenvalue weighted by molar-refractivity contribution is 5.91. The number of aromatic hydroxyl groups is 2. The van der Waals surface area contributed by atoms with Gasteiger partial charge in [-0.05, 0) is 30.7 Å². The highest BCUT2D eigenvalue weighted by Crippen LogP contribution is 2.43. The third-order valence-corrected chi connectivity index (χ3v) is 4.12. The van der Waals surface area contributed by atoms with Crippen molar-refractivity contribution >= 4 is 11.0 Å². The standard InChI is InChI=1S/C19H18O7/c1-9-7-10(5-6-12(9)23-2)17-19(25-4)16(22)14-13(26-17)8-11(20)18(24-3)15(14)21/h5-8,20-21H,1-4H3. The Kier molecular flexibility index (Phi) is 4.38. The lowest BCUT2D eigenvalue weighted by Gasteiger charge is -2.13. The maximum Gasteiger partial charge on any atom is 0.239 e. The number of aryl methyl sites for hydroxylation is 1. The minimum atomic E-state index is -0.576. The number of hydrogen-bond donors (Lipinski definition) is 2. The van der Waals surface area contributed by atoms with Crippen molar-refractivity contribution < 1.29 is 28.8 Å². The SMILES string of the molecule is COc1ccc(-c2oc3cc(O)c(OC)c(O)c3c(=O)c2OC)cc1C. The molecule has 1 aromatic heterocycles. The zero-order valence-corrected chi connectivity index (χ0v) is 14.7. The second kappa shape index (κ2) is 6.51. The van der Waals surface area contributed by atoms with Gasteiger partial charge in [-0.15, -0.1) is 0 Å². The molecule has 0 saturated carbocycles. The predicted molar refractivity (Wildman–Crippen MR) is 95.6 cm³/mol. The molecule has 0 saturated heterocycles. The molecule has 1 heterocycles. The number of rotatable bonds is 4. The van der Waals surface area contributed by atoms with Crippen molar-refractivity contribution in [2.75, 3.05) is 21.3 Å². The van der Waals surface area contributed by atoms with Crippen LogP contribution in [0.15, 0.2) is 33.5 Å². The smallest absolute Gasteiger partial charge is 0.239 e. The zero-order chi connectivity index (χ0) is 19.0. The zero-order valence-electron chi connectivity index (χ0n) is 14.7. The summed E-state index contributed by atoms with van der Waals surface area (Å²) in [6, 6.07) is 6.47. The fourth-order valence-electron chi connectivity index (χ4n) is 2.88. The van der Waals surface area contributed by atoms with Gasteiger partial charge in [0.15, 0.2) is 17.3 Å². The van der Waals surface area contributed by atoms with Gasteiger partial charge in [0, 0.05) is 11.6 Å². The van der Waals surface area contributed by atoms with Crippen LogP contribution in [0, 0.1) is 6.92 Å². The molecule has 0 bridgehead atoms. The second-order valence-electron chi connectivity index (χ2n) is 5.63. The largest absolute Gasteiger partial charge is 0.504 e. The Hall–Kier alpha value is -3.35. The van der Waals surface area contributed by atoms with Crippen molar-refractivity contribution in [2.24, 2.45) is 0 Å². The fourth-order valence-corrected chi connectivity index (χ4v) is 2.88. The lowest BCUT2D eigenvalue weighted by atomic mass is 10.1. The van der Waals surface area contributed by atoms with Crippen molar-refractivity contribution in [3.63, 3.8) is 0 Å². The van der Waals surface area contributed by atoms with Gasteiger partial charge in [0.25, 0.3) is 0 Å². The first kappa shape index (κ1) is 17.5. The van der Waals surface area contributed by atoms with Crippen molar-refractivity contribution in [3.05, 3.63) is 40.1 Å². The molecular formula is C19H18O7. The van der Waals surface area contributed by atoms with E-state index in [-0.39, 0.29) is 34.0 Å². The summed E-state index contributed by atoms with van der Waals surface area (Å²) in [5, 5.41) is 20.1. The lowest BCUT2D eigenvalue weighted by Crippen LogP contribution is -2.08. The molecular weight excluding hydrogens is 340 g/mol. The minimum absolute atomic E-state index is 0.00933. The van der Waals surface area contributed by atoms with Crippen LogP contribution in [0.25, 0.3) is 22.3 Å². The summed E-state index contributed by atoms with van der Waals surface area (Å²) >= 11 is 0. The Labute approximate surface area is 149 Å². The molecule has 0 aliphatic rings. The molecule has 0 amide bonds. The van der Waals surface area contributed by atoms with Gasteiger partial charge in [0.05, 0.1) is 21.3 Å². The Morgan fingerprint density at radius 1 is 0.962 bits per heavy atom. The van der Waals surface area contributed by atoms with Crippen LogP contribution in [-0.2, 0) is 0 Å². The van der Waals surface area contributed by atoms with E-state index in [1.54, 1.807) is 25.3 Å². The van der Waals surface area contributed by atoms with Crippen molar-refractivity contribution in [1.29, 1.82) is 0 Å². The Balaban J connectivity index is 2.37. The van der Waals surface area contributed by atoms with E-state index < -0.39 is 11.2 Å². The summed E-state index contributed by atoms with van der Waals surface area (Å²) in [7, 11) is 4.18. The van der Waals surface area contributed by atoms with E-state index >= 15 is 0 Å². The van der Waals surface area contributed by atoms with Gasteiger partial charge in [-0.25, -0.2) is 0 Å². The maximum absolute atomic E-state index is 12.9. The monoisotopic (exact) mass is 358 g/mol. The van der Waals surface area contributed by atoms with Gasteiger partial charge in [0.2, 0.25) is 16.9 Å². The number of fused-ring (bicyclic) bond motifs is 1. The normalized spacial score (nSPS) is 10.8. The van der Waals surface area contributed by atoms with E-state index in [9.17, 15) is 15.0 Å². The average molecular weight is 358 g/mol. The first-order valence-electron chi connectivity index (χ1n) is 7.71. The summed E-state index contributed by atoms with van der Waals surface area (Å²) in [5.41, 5.74) is 0.868. The highest BCUT2D eigenvalue weighted by Gasteiger charge is 2.23. The van der Waals surface area contributed by atoms with Crippen molar-refractivity contribution in [3.8, 4) is 40.1 Å². The second-order valence-corrected chi connectivity index (χ2v) is 5.63. The molecule has 0 aliphatic carbocycles. The molecule has 3 rings (SSSR count). The van der Waals surface area contributed by atoms with Gasteiger partial charge >= 0.3 is 0 Å². The minimum Gasteiger partial charge on any atom is -0.504 e. The third-order valence-electron chi connectivity index (χ3n) is 4.12. The molecule has 0 atom stereocenters.